The van der Waals surface area contributed by atoms with Crippen molar-refractivity contribution in [1.82, 2.24) is 19.9 Å². The van der Waals surface area contributed by atoms with Crippen LogP contribution in [0.1, 0.15) is 38.3 Å². The summed E-state index contributed by atoms with van der Waals surface area (Å²) in [6, 6.07) is 0. The van der Waals surface area contributed by atoms with Gasteiger partial charge in [-0.3, -0.25) is 0 Å². The number of imidazole rings is 1. The molecule has 0 aliphatic rings. The van der Waals surface area contributed by atoms with Crippen molar-refractivity contribution in [2.45, 2.75) is 39.7 Å². The van der Waals surface area contributed by atoms with E-state index in [2.05, 4.69) is 38.0 Å². The molecule has 0 amide bonds. The molecular weight excluding hydrogens is 256 g/mol. The monoisotopic (exact) mass is 278 g/mol. The first-order valence-corrected chi connectivity index (χ1v) is 7.43. The largest absolute Gasteiger partial charge is 0.332 e. The smallest absolute Gasteiger partial charge is 0.168 e. The molecule has 0 bridgehead atoms. The number of nitrogens with zero attached hydrogens (tertiary/aromatic N) is 3. The fraction of sp³-hybridized carbons (Fsp3) is 0.571. The van der Waals surface area contributed by atoms with Gasteiger partial charge in [0.1, 0.15) is 0 Å². The zero-order valence-corrected chi connectivity index (χ0v) is 13.1. The summed E-state index contributed by atoms with van der Waals surface area (Å²) in [4.78, 5) is 10.5. The molecule has 4 nitrogen and oxygen atoms in total. The maximum Gasteiger partial charge on any atom is 0.168 e. The van der Waals surface area contributed by atoms with Crippen LogP contribution in [-0.2, 0) is 19.0 Å². The predicted octanol–water partition coefficient (Wildman–Crippen LogP) is 2.95. The van der Waals surface area contributed by atoms with E-state index in [0.717, 1.165) is 23.9 Å². The number of aryl methyl sites for hydroxylation is 1. The lowest BCUT2D eigenvalue weighted by atomic mass is 9.91. The topological polar surface area (TPSA) is 42.7 Å². The number of rotatable bonds is 4. The van der Waals surface area contributed by atoms with E-state index in [1.807, 2.05) is 24.0 Å². The first-order chi connectivity index (χ1) is 8.93. The Labute approximate surface area is 118 Å². The van der Waals surface area contributed by atoms with Crippen LogP contribution in [0.5, 0.6) is 0 Å². The van der Waals surface area contributed by atoms with Crippen molar-refractivity contribution in [3.63, 3.8) is 0 Å². The maximum absolute atomic E-state index is 4.83. The van der Waals surface area contributed by atoms with Crippen LogP contribution < -0.4 is 5.32 Å². The highest BCUT2D eigenvalue weighted by atomic mass is 32.1. The molecule has 2 aromatic heterocycles. The molecule has 19 heavy (non-hydrogen) atoms. The molecule has 2 aromatic rings. The van der Waals surface area contributed by atoms with Crippen molar-refractivity contribution < 1.29 is 0 Å². The minimum Gasteiger partial charge on any atom is -0.332 e. The standard InChI is InChI=1S/C14H22N4S/c1-6-15-9-10-11(14(2,3)4)17-13(19-10)12-16-7-8-18(12)5/h7-8,15H,6,9H2,1-5H3. The highest BCUT2D eigenvalue weighted by Gasteiger charge is 2.24. The van der Waals surface area contributed by atoms with E-state index in [-0.39, 0.29) is 5.41 Å². The average Bonchev–Trinajstić information content (AvgIpc) is 2.91. The number of hydrogen-bond donors (Lipinski definition) is 1. The first kappa shape index (κ1) is 14.2. The SMILES string of the molecule is CCNCc1sc(-c2nccn2C)nc1C(C)(C)C. The molecule has 104 valence electrons. The van der Waals surface area contributed by atoms with E-state index in [9.17, 15) is 0 Å². The molecule has 0 unspecified atom stereocenters. The minimum atomic E-state index is 0.0602. The second-order valence-electron chi connectivity index (χ2n) is 5.68. The Balaban J connectivity index is 2.43. The highest BCUT2D eigenvalue weighted by molar-refractivity contribution is 7.15. The van der Waals surface area contributed by atoms with Crippen LogP contribution in [0.3, 0.4) is 0 Å². The quantitative estimate of drug-likeness (QED) is 0.935. The van der Waals surface area contributed by atoms with Gasteiger partial charge in [0.15, 0.2) is 10.8 Å². The fourth-order valence-electron chi connectivity index (χ4n) is 1.96. The number of thiazole rings is 1. The van der Waals surface area contributed by atoms with Crippen LogP contribution in [-0.4, -0.2) is 21.1 Å². The van der Waals surface area contributed by atoms with E-state index < -0.39 is 0 Å². The van der Waals surface area contributed by atoms with Gasteiger partial charge in [-0.05, 0) is 6.54 Å². The maximum atomic E-state index is 4.83. The summed E-state index contributed by atoms with van der Waals surface area (Å²) >= 11 is 1.74. The second-order valence-corrected chi connectivity index (χ2v) is 6.77. The molecule has 0 aliphatic heterocycles. The Morgan fingerprint density at radius 2 is 2.11 bits per heavy atom. The van der Waals surface area contributed by atoms with Gasteiger partial charge >= 0.3 is 0 Å². The zero-order chi connectivity index (χ0) is 14.0. The second kappa shape index (κ2) is 5.43. The third kappa shape index (κ3) is 3.04. The van der Waals surface area contributed by atoms with Crippen LogP contribution in [0.25, 0.3) is 10.8 Å². The summed E-state index contributed by atoms with van der Waals surface area (Å²) in [6.07, 6.45) is 3.77. The molecule has 0 saturated heterocycles. The molecule has 0 aromatic carbocycles. The Hall–Kier alpha value is -1.20. The number of aromatic nitrogens is 3. The summed E-state index contributed by atoms with van der Waals surface area (Å²) in [5.41, 5.74) is 1.24. The van der Waals surface area contributed by atoms with Crippen molar-refractivity contribution in [2.24, 2.45) is 7.05 Å². The molecule has 2 rings (SSSR count). The molecule has 0 spiro atoms. The normalized spacial score (nSPS) is 12.1. The van der Waals surface area contributed by atoms with E-state index in [1.165, 1.54) is 10.6 Å². The van der Waals surface area contributed by atoms with Gasteiger partial charge in [-0.2, -0.15) is 0 Å². The van der Waals surface area contributed by atoms with Crippen LogP contribution >= 0.6 is 11.3 Å². The summed E-state index contributed by atoms with van der Waals surface area (Å²) in [6.45, 7) is 10.6. The van der Waals surface area contributed by atoms with Gasteiger partial charge in [-0.1, -0.05) is 27.7 Å². The van der Waals surface area contributed by atoms with Crippen LogP contribution in [0.15, 0.2) is 12.4 Å². The molecule has 0 saturated carbocycles. The average molecular weight is 278 g/mol. The van der Waals surface area contributed by atoms with Crippen molar-refractivity contribution in [3.05, 3.63) is 23.0 Å². The highest BCUT2D eigenvalue weighted by Crippen LogP contribution is 2.33. The third-order valence-corrected chi connectivity index (χ3v) is 4.01. The molecule has 0 aliphatic carbocycles. The summed E-state index contributed by atoms with van der Waals surface area (Å²) in [5, 5.41) is 4.40. The Morgan fingerprint density at radius 1 is 1.37 bits per heavy atom. The molecule has 5 heteroatoms. The lowest BCUT2D eigenvalue weighted by Crippen LogP contribution is -2.18. The molecule has 2 heterocycles. The van der Waals surface area contributed by atoms with Crippen molar-refractivity contribution in [2.75, 3.05) is 6.54 Å². The molecule has 1 N–H and O–H groups in total. The summed E-state index contributed by atoms with van der Waals surface area (Å²) < 4.78 is 2.02. The minimum absolute atomic E-state index is 0.0602. The van der Waals surface area contributed by atoms with Crippen molar-refractivity contribution >= 4 is 11.3 Å². The Morgan fingerprint density at radius 3 is 2.63 bits per heavy atom. The van der Waals surface area contributed by atoms with Crippen molar-refractivity contribution in [1.29, 1.82) is 0 Å². The van der Waals surface area contributed by atoms with Crippen molar-refractivity contribution in [3.8, 4) is 10.8 Å². The van der Waals surface area contributed by atoms with Crippen LogP contribution in [0.2, 0.25) is 0 Å². The Kier molecular flexibility index (Phi) is 4.06. The van der Waals surface area contributed by atoms with Gasteiger partial charge in [0.25, 0.3) is 0 Å². The summed E-state index contributed by atoms with van der Waals surface area (Å²) in [5.74, 6) is 0.943. The molecular formula is C14H22N4S. The first-order valence-electron chi connectivity index (χ1n) is 6.62. The molecule has 0 atom stereocenters. The zero-order valence-electron chi connectivity index (χ0n) is 12.3. The lowest BCUT2D eigenvalue weighted by molar-refractivity contribution is 0.561. The third-order valence-electron chi connectivity index (χ3n) is 2.96. The van der Waals surface area contributed by atoms with E-state index in [4.69, 9.17) is 4.98 Å². The van der Waals surface area contributed by atoms with Gasteiger partial charge in [0, 0.05) is 36.3 Å². The van der Waals surface area contributed by atoms with Crippen LogP contribution in [0, 0.1) is 0 Å². The van der Waals surface area contributed by atoms with Gasteiger partial charge in [0.2, 0.25) is 0 Å². The van der Waals surface area contributed by atoms with Gasteiger partial charge in [-0.25, -0.2) is 9.97 Å². The van der Waals surface area contributed by atoms with E-state index >= 15 is 0 Å². The van der Waals surface area contributed by atoms with Gasteiger partial charge in [-0.15, -0.1) is 11.3 Å². The van der Waals surface area contributed by atoms with Gasteiger partial charge < -0.3 is 9.88 Å². The number of nitrogens with one attached hydrogen (secondary N) is 1. The molecule has 0 radical (unpaired) electrons. The van der Waals surface area contributed by atoms with Gasteiger partial charge in [0.05, 0.1) is 5.69 Å². The predicted molar refractivity (Wildman–Crippen MR) is 80.4 cm³/mol. The lowest BCUT2D eigenvalue weighted by Gasteiger charge is -2.17. The summed E-state index contributed by atoms with van der Waals surface area (Å²) in [7, 11) is 2.00. The Bertz CT molecular complexity index is 548. The fourth-order valence-corrected chi connectivity index (χ4v) is 3.24. The van der Waals surface area contributed by atoms with E-state index in [1.54, 1.807) is 11.3 Å². The van der Waals surface area contributed by atoms with E-state index in [0.29, 0.717) is 0 Å². The van der Waals surface area contributed by atoms with Crippen LogP contribution in [0.4, 0.5) is 0 Å². The number of hydrogen-bond acceptors (Lipinski definition) is 4. The molecule has 0 fully saturated rings.